The number of halogens is 2. The van der Waals surface area contributed by atoms with Gasteiger partial charge in [-0.2, -0.15) is 0 Å². The predicted octanol–water partition coefficient (Wildman–Crippen LogP) is 7.40. The van der Waals surface area contributed by atoms with E-state index in [1.165, 1.54) is 7.11 Å². The number of ether oxygens (including phenoxy) is 3. The number of rotatable bonds is 7. The topological polar surface area (TPSA) is 40.6 Å². The van der Waals surface area contributed by atoms with Crippen molar-refractivity contribution >= 4 is 0 Å². The van der Waals surface area contributed by atoms with Gasteiger partial charge in [0.1, 0.15) is 12.4 Å². The second kappa shape index (κ2) is 9.94. The van der Waals surface area contributed by atoms with Gasteiger partial charge in [0.25, 0.3) is 0 Å². The fraction of sp³-hybridized carbons (Fsp3) is 0.414. The molecule has 186 valence electrons. The normalized spacial score (nSPS) is 16.2. The summed E-state index contributed by atoms with van der Waals surface area (Å²) in [6.45, 7) is 8.44. The summed E-state index contributed by atoms with van der Waals surface area (Å²) in [4.78, 5) is 3.96. The van der Waals surface area contributed by atoms with Crippen molar-refractivity contribution in [1.29, 1.82) is 0 Å². The number of fused-ring (bicyclic) bond motifs is 1. The van der Waals surface area contributed by atoms with E-state index < -0.39 is 5.82 Å². The van der Waals surface area contributed by atoms with Gasteiger partial charge in [-0.05, 0) is 64.1 Å². The molecule has 6 heteroatoms. The highest BCUT2D eigenvalue weighted by Crippen LogP contribution is 2.42. The molecule has 0 N–H and O–H groups in total. The lowest BCUT2D eigenvalue weighted by Crippen LogP contribution is -2.21. The molecule has 1 heterocycles. The maximum Gasteiger partial charge on any atom is 0.213 e. The SMILES string of the molecule is COc1cc(-c2ccc(COc3ccc4c(c3F)C(C)CC4)cc2C(OC)C(C)(C)C)c(F)cn1. The summed E-state index contributed by atoms with van der Waals surface area (Å²) in [6.07, 6.45) is 2.70. The molecular formula is C29H33F2NO3. The summed E-state index contributed by atoms with van der Waals surface area (Å²) >= 11 is 0. The van der Waals surface area contributed by atoms with Gasteiger partial charge in [-0.25, -0.2) is 13.8 Å². The minimum absolute atomic E-state index is 0.181. The number of aromatic nitrogens is 1. The monoisotopic (exact) mass is 481 g/mol. The quantitative estimate of drug-likeness (QED) is 0.353. The van der Waals surface area contributed by atoms with Crippen molar-refractivity contribution in [3.63, 3.8) is 0 Å². The van der Waals surface area contributed by atoms with Crippen LogP contribution in [0.1, 0.15) is 68.4 Å². The Bertz CT molecular complexity index is 1220. The van der Waals surface area contributed by atoms with Gasteiger partial charge >= 0.3 is 0 Å². The molecule has 1 aromatic heterocycles. The molecule has 4 rings (SSSR count). The van der Waals surface area contributed by atoms with E-state index in [9.17, 15) is 4.39 Å². The first-order valence-electron chi connectivity index (χ1n) is 11.9. The molecule has 0 saturated heterocycles. The third-order valence-corrected chi connectivity index (χ3v) is 6.72. The molecule has 0 saturated carbocycles. The van der Waals surface area contributed by atoms with Gasteiger partial charge in [0.2, 0.25) is 5.88 Å². The Morgan fingerprint density at radius 1 is 1.06 bits per heavy atom. The van der Waals surface area contributed by atoms with Crippen molar-refractivity contribution in [2.24, 2.45) is 5.41 Å². The van der Waals surface area contributed by atoms with Gasteiger partial charge in [0.15, 0.2) is 11.6 Å². The zero-order valence-electron chi connectivity index (χ0n) is 21.2. The van der Waals surface area contributed by atoms with E-state index in [4.69, 9.17) is 14.2 Å². The van der Waals surface area contributed by atoms with Gasteiger partial charge in [-0.1, -0.05) is 45.9 Å². The lowest BCUT2D eigenvalue weighted by Gasteiger charge is -2.32. The van der Waals surface area contributed by atoms with E-state index in [0.29, 0.717) is 17.0 Å². The average Bonchev–Trinajstić information content (AvgIpc) is 3.20. The van der Waals surface area contributed by atoms with Crippen molar-refractivity contribution in [1.82, 2.24) is 4.98 Å². The van der Waals surface area contributed by atoms with Crippen molar-refractivity contribution < 1.29 is 23.0 Å². The highest BCUT2D eigenvalue weighted by Gasteiger charge is 2.30. The Labute approximate surface area is 206 Å². The number of hydrogen-bond donors (Lipinski definition) is 0. The van der Waals surface area contributed by atoms with E-state index in [-0.39, 0.29) is 35.6 Å². The van der Waals surface area contributed by atoms with Gasteiger partial charge in [-0.15, -0.1) is 0 Å². The molecule has 0 fully saturated rings. The Balaban J connectivity index is 1.71. The van der Waals surface area contributed by atoms with Crippen LogP contribution in [0.15, 0.2) is 42.6 Å². The summed E-state index contributed by atoms with van der Waals surface area (Å²) in [5.74, 6) is 0.0628. The molecule has 1 aliphatic rings. The lowest BCUT2D eigenvalue weighted by atomic mass is 9.81. The second-order valence-corrected chi connectivity index (χ2v) is 10.3. The third kappa shape index (κ3) is 5.03. The van der Waals surface area contributed by atoms with Crippen LogP contribution in [0.5, 0.6) is 11.6 Å². The molecule has 0 radical (unpaired) electrons. The number of hydrogen-bond acceptors (Lipinski definition) is 4. The Kier molecular flexibility index (Phi) is 7.13. The van der Waals surface area contributed by atoms with Crippen LogP contribution in [-0.2, 0) is 17.8 Å². The van der Waals surface area contributed by atoms with Crippen molar-refractivity contribution in [3.8, 4) is 22.8 Å². The standard InChI is InChI=1S/C29H33F2NO3/c1-17-7-9-19-10-12-24(27(31)26(17)19)35-16-18-8-11-20(21-14-25(33-5)32-15-23(21)30)22(13-18)28(34-6)29(2,3)4/h8,10-15,17,28H,7,9,16H2,1-6H3. The second-order valence-electron chi connectivity index (χ2n) is 10.3. The van der Waals surface area contributed by atoms with E-state index in [2.05, 4.69) is 25.8 Å². The van der Waals surface area contributed by atoms with Crippen molar-refractivity contribution in [2.75, 3.05) is 14.2 Å². The largest absolute Gasteiger partial charge is 0.486 e. The molecule has 1 aliphatic carbocycles. The zero-order valence-corrected chi connectivity index (χ0v) is 21.2. The van der Waals surface area contributed by atoms with Crippen LogP contribution in [0, 0.1) is 17.0 Å². The van der Waals surface area contributed by atoms with E-state index in [1.807, 2.05) is 31.2 Å². The molecule has 0 amide bonds. The first-order chi connectivity index (χ1) is 16.6. The fourth-order valence-electron chi connectivity index (χ4n) is 5.00. The van der Waals surface area contributed by atoms with Gasteiger partial charge in [0.05, 0.1) is 19.4 Å². The van der Waals surface area contributed by atoms with Crippen LogP contribution in [0.4, 0.5) is 8.78 Å². The van der Waals surface area contributed by atoms with Crippen molar-refractivity contribution in [2.45, 2.75) is 59.2 Å². The summed E-state index contributed by atoms with van der Waals surface area (Å²) in [5.41, 5.74) is 4.29. The number of nitrogens with zero attached hydrogens (tertiary/aromatic N) is 1. The van der Waals surface area contributed by atoms with Gasteiger partial charge in [0, 0.05) is 18.7 Å². The summed E-state index contributed by atoms with van der Waals surface area (Å²) in [5, 5.41) is 0. The molecule has 0 spiro atoms. The third-order valence-electron chi connectivity index (χ3n) is 6.72. The lowest BCUT2D eigenvalue weighted by molar-refractivity contribution is 0.0155. The molecule has 35 heavy (non-hydrogen) atoms. The first-order valence-corrected chi connectivity index (χ1v) is 11.9. The van der Waals surface area contributed by atoms with E-state index >= 15 is 4.39 Å². The maximum atomic E-state index is 15.1. The minimum Gasteiger partial charge on any atom is -0.486 e. The first kappa shape index (κ1) is 25.1. The van der Waals surface area contributed by atoms with Crippen LogP contribution >= 0.6 is 0 Å². The predicted molar refractivity (Wildman–Crippen MR) is 133 cm³/mol. The number of methoxy groups -OCH3 is 2. The number of benzene rings is 2. The van der Waals surface area contributed by atoms with Crippen molar-refractivity contribution in [3.05, 3.63) is 76.5 Å². The molecule has 2 unspecified atom stereocenters. The van der Waals surface area contributed by atoms with Crippen LogP contribution < -0.4 is 9.47 Å². The molecule has 2 atom stereocenters. The fourth-order valence-corrected chi connectivity index (χ4v) is 5.00. The van der Waals surface area contributed by atoms with Gasteiger partial charge in [-0.3, -0.25) is 0 Å². The van der Waals surface area contributed by atoms with Crippen LogP contribution in [0.2, 0.25) is 0 Å². The van der Waals surface area contributed by atoms with Crippen LogP contribution in [0.3, 0.4) is 0 Å². The van der Waals surface area contributed by atoms with Crippen LogP contribution in [0.25, 0.3) is 11.1 Å². The van der Waals surface area contributed by atoms with Gasteiger partial charge < -0.3 is 14.2 Å². The van der Waals surface area contributed by atoms with E-state index in [1.54, 1.807) is 19.2 Å². The summed E-state index contributed by atoms with van der Waals surface area (Å²) in [6, 6.07) is 10.9. The number of aryl methyl sites for hydroxylation is 1. The molecule has 0 aliphatic heterocycles. The molecular weight excluding hydrogens is 448 g/mol. The summed E-state index contributed by atoms with van der Waals surface area (Å²) < 4.78 is 47.1. The van der Waals surface area contributed by atoms with E-state index in [0.717, 1.165) is 41.3 Å². The minimum atomic E-state index is -0.450. The highest BCUT2D eigenvalue weighted by molar-refractivity contribution is 5.70. The zero-order chi connectivity index (χ0) is 25.3. The molecule has 3 aromatic rings. The smallest absolute Gasteiger partial charge is 0.213 e. The Morgan fingerprint density at radius 2 is 1.83 bits per heavy atom. The average molecular weight is 482 g/mol. The molecule has 2 aromatic carbocycles. The van der Waals surface area contributed by atoms with Crippen LogP contribution in [-0.4, -0.2) is 19.2 Å². The Hall–Kier alpha value is -2.99. The maximum absolute atomic E-state index is 15.1. The number of pyridine rings is 1. The highest BCUT2D eigenvalue weighted by atomic mass is 19.1. The Morgan fingerprint density at radius 3 is 2.51 bits per heavy atom. The molecule has 0 bridgehead atoms. The summed E-state index contributed by atoms with van der Waals surface area (Å²) in [7, 11) is 3.14. The molecule has 4 nitrogen and oxygen atoms in total.